The van der Waals surface area contributed by atoms with E-state index in [4.69, 9.17) is 15.6 Å². The quantitative estimate of drug-likeness (QED) is 0.778. The van der Waals surface area contributed by atoms with Crippen LogP contribution in [0, 0.1) is 0 Å². The molecule has 1 atom stereocenters. The lowest BCUT2D eigenvalue weighted by Crippen LogP contribution is -2.37. The van der Waals surface area contributed by atoms with E-state index in [9.17, 15) is 14.4 Å². The van der Waals surface area contributed by atoms with Crippen molar-refractivity contribution in [3.63, 3.8) is 0 Å². The lowest BCUT2D eigenvalue weighted by molar-refractivity contribution is -0.118. The maximum atomic E-state index is 12.5. The van der Waals surface area contributed by atoms with Crippen molar-refractivity contribution in [3.05, 3.63) is 53.6 Å². The first-order valence-corrected chi connectivity index (χ1v) is 8.31. The fourth-order valence-corrected chi connectivity index (χ4v) is 2.69. The lowest BCUT2D eigenvalue weighted by Gasteiger charge is -2.24. The highest BCUT2D eigenvalue weighted by Crippen LogP contribution is 2.31. The summed E-state index contributed by atoms with van der Waals surface area (Å²) < 4.78 is 5.29. The minimum absolute atomic E-state index is 0.0907. The SMILES string of the molecule is COc1cc(C(=O)O)ccc1-c1ccc(C(=O)N(C)[C@@H](C)CC(N)=O)cc1. The Labute approximate surface area is 157 Å². The van der Waals surface area contributed by atoms with Crippen LogP contribution < -0.4 is 10.5 Å². The number of carboxylic acid groups (broad SMARTS) is 1. The van der Waals surface area contributed by atoms with Crippen molar-refractivity contribution in [3.8, 4) is 16.9 Å². The van der Waals surface area contributed by atoms with Gasteiger partial charge < -0.3 is 20.5 Å². The number of carboxylic acids is 1. The number of hydrogen-bond acceptors (Lipinski definition) is 4. The fourth-order valence-electron chi connectivity index (χ4n) is 2.69. The molecule has 0 spiro atoms. The molecule has 2 amide bonds. The average molecular weight is 370 g/mol. The molecule has 27 heavy (non-hydrogen) atoms. The number of primary amides is 1. The molecule has 142 valence electrons. The molecular formula is C20H22N2O5. The average Bonchev–Trinajstić information content (AvgIpc) is 2.65. The zero-order valence-electron chi connectivity index (χ0n) is 15.4. The number of nitrogens with two attached hydrogens (primary N) is 1. The summed E-state index contributed by atoms with van der Waals surface area (Å²) in [7, 11) is 3.09. The Morgan fingerprint density at radius 3 is 2.22 bits per heavy atom. The Morgan fingerprint density at radius 2 is 1.70 bits per heavy atom. The van der Waals surface area contributed by atoms with Crippen molar-refractivity contribution in [1.82, 2.24) is 4.90 Å². The second-order valence-electron chi connectivity index (χ2n) is 6.23. The first kappa shape index (κ1) is 20.0. The first-order valence-electron chi connectivity index (χ1n) is 8.31. The predicted molar refractivity (Wildman–Crippen MR) is 101 cm³/mol. The number of aromatic carboxylic acids is 1. The molecule has 0 heterocycles. The van der Waals surface area contributed by atoms with E-state index in [1.807, 2.05) is 0 Å². The maximum absolute atomic E-state index is 12.5. The topological polar surface area (TPSA) is 110 Å². The molecule has 2 aromatic rings. The Bertz CT molecular complexity index is 861. The van der Waals surface area contributed by atoms with Crippen molar-refractivity contribution < 1.29 is 24.2 Å². The standard InChI is InChI=1S/C20H22N2O5/c1-12(10-18(21)23)22(2)19(24)14-6-4-13(5-7-14)16-9-8-15(20(25)26)11-17(16)27-3/h4-9,11-12H,10H2,1-3H3,(H2,21,23)(H,25,26)/t12-/m0/s1. The minimum atomic E-state index is -1.03. The number of ether oxygens (including phenoxy) is 1. The Hall–Kier alpha value is -3.35. The Kier molecular flexibility index (Phi) is 6.18. The van der Waals surface area contributed by atoms with E-state index < -0.39 is 11.9 Å². The molecule has 0 saturated heterocycles. The molecular weight excluding hydrogens is 348 g/mol. The van der Waals surface area contributed by atoms with Gasteiger partial charge in [0.25, 0.3) is 5.91 Å². The summed E-state index contributed by atoms with van der Waals surface area (Å²) in [4.78, 5) is 36.1. The lowest BCUT2D eigenvalue weighted by atomic mass is 10.0. The van der Waals surface area contributed by atoms with Gasteiger partial charge >= 0.3 is 5.97 Å². The van der Waals surface area contributed by atoms with Gasteiger partial charge in [-0.25, -0.2) is 4.79 Å². The van der Waals surface area contributed by atoms with E-state index in [1.54, 1.807) is 44.3 Å². The zero-order valence-corrected chi connectivity index (χ0v) is 15.4. The van der Waals surface area contributed by atoms with E-state index in [-0.39, 0.29) is 23.9 Å². The normalized spacial score (nSPS) is 11.5. The molecule has 0 radical (unpaired) electrons. The van der Waals surface area contributed by atoms with Crippen LogP contribution in [0.2, 0.25) is 0 Å². The molecule has 0 aliphatic carbocycles. The van der Waals surface area contributed by atoms with Gasteiger partial charge in [0.2, 0.25) is 5.91 Å². The third-order valence-corrected chi connectivity index (χ3v) is 4.37. The van der Waals surface area contributed by atoms with Crippen LogP contribution in [0.4, 0.5) is 0 Å². The second kappa shape index (κ2) is 8.35. The van der Waals surface area contributed by atoms with E-state index in [2.05, 4.69) is 0 Å². The van der Waals surface area contributed by atoms with Crippen LogP contribution in [0.1, 0.15) is 34.1 Å². The number of methoxy groups -OCH3 is 1. The van der Waals surface area contributed by atoms with Gasteiger partial charge in [0.1, 0.15) is 5.75 Å². The molecule has 0 aromatic heterocycles. The molecule has 0 saturated carbocycles. The Balaban J connectivity index is 2.26. The van der Waals surface area contributed by atoms with Gasteiger partial charge in [-0.2, -0.15) is 0 Å². The molecule has 0 unspecified atom stereocenters. The van der Waals surface area contributed by atoms with Crippen molar-refractivity contribution in [2.75, 3.05) is 14.2 Å². The van der Waals surface area contributed by atoms with E-state index >= 15 is 0 Å². The highest BCUT2D eigenvalue weighted by Gasteiger charge is 2.19. The van der Waals surface area contributed by atoms with Crippen molar-refractivity contribution >= 4 is 17.8 Å². The monoisotopic (exact) mass is 370 g/mol. The predicted octanol–water partition coefficient (Wildman–Crippen LogP) is 2.40. The number of hydrogen-bond donors (Lipinski definition) is 2. The van der Waals surface area contributed by atoms with Crippen molar-refractivity contribution in [1.29, 1.82) is 0 Å². The zero-order chi connectivity index (χ0) is 20.1. The molecule has 0 fully saturated rings. The maximum Gasteiger partial charge on any atom is 0.335 e. The van der Waals surface area contributed by atoms with Gasteiger partial charge in [-0.05, 0) is 42.8 Å². The second-order valence-corrected chi connectivity index (χ2v) is 6.23. The van der Waals surface area contributed by atoms with E-state index in [0.717, 1.165) is 11.1 Å². The van der Waals surface area contributed by atoms with Crippen molar-refractivity contribution in [2.24, 2.45) is 5.73 Å². The van der Waals surface area contributed by atoms with Crippen LogP contribution >= 0.6 is 0 Å². The summed E-state index contributed by atoms with van der Waals surface area (Å²) in [5.74, 6) is -1.28. The fraction of sp³-hybridized carbons (Fsp3) is 0.250. The molecule has 2 rings (SSSR count). The molecule has 3 N–H and O–H groups in total. The van der Waals surface area contributed by atoms with E-state index in [1.165, 1.54) is 24.1 Å². The molecule has 0 bridgehead atoms. The van der Waals surface area contributed by atoms with Crippen LogP contribution in [0.3, 0.4) is 0 Å². The number of amides is 2. The number of rotatable bonds is 7. The largest absolute Gasteiger partial charge is 0.496 e. The Morgan fingerprint density at radius 1 is 1.11 bits per heavy atom. The molecule has 0 aliphatic heterocycles. The van der Waals surface area contributed by atoms with Gasteiger partial charge in [0.15, 0.2) is 0 Å². The summed E-state index contributed by atoms with van der Waals surface area (Å²) in [6.07, 6.45) is 0.0907. The third kappa shape index (κ3) is 4.63. The molecule has 7 nitrogen and oxygen atoms in total. The van der Waals surface area contributed by atoms with Crippen molar-refractivity contribution in [2.45, 2.75) is 19.4 Å². The number of nitrogens with zero attached hydrogens (tertiary/aromatic N) is 1. The summed E-state index contributed by atoms with van der Waals surface area (Å²) in [6, 6.07) is 11.2. The van der Waals surface area contributed by atoms with Crippen LogP contribution in [-0.2, 0) is 4.79 Å². The van der Waals surface area contributed by atoms with Crippen LogP contribution in [0.25, 0.3) is 11.1 Å². The molecule has 0 aliphatic rings. The summed E-state index contributed by atoms with van der Waals surface area (Å²) in [6.45, 7) is 1.76. The van der Waals surface area contributed by atoms with Crippen LogP contribution in [0.15, 0.2) is 42.5 Å². The van der Waals surface area contributed by atoms with Crippen LogP contribution in [-0.4, -0.2) is 48.0 Å². The van der Waals surface area contributed by atoms with E-state index in [0.29, 0.717) is 11.3 Å². The number of carbonyl (C=O) groups excluding carboxylic acids is 2. The van der Waals surface area contributed by atoms with Crippen LogP contribution in [0.5, 0.6) is 5.75 Å². The van der Waals surface area contributed by atoms with Gasteiger partial charge in [-0.1, -0.05) is 12.1 Å². The van der Waals surface area contributed by atoms with Gasteiger partial charge in [-0.3, -0.25) is 9.59 Å². The molecule has 2 aromatic carbocycles. The highest BCUT2D eigenvalue weighted by atomic mass is 16.5. The third-order valence-electron chi connectivity index (χ3n) is 4.37. The molecule has 7 heteroatoms. The number of carbonyl (C=O) groups is 3. The smallest absolute Gasteiger partial charge is 0.335 e. The summed E-state index contributed by atoms with van der Waals surface area (Å²) in [5.41, 5.74) is 7.29. The van der Waals surface area contributed by atoms with Gasteiger partial charge in [0.05, 0.1) is 12.7 Å². The van der Waals surface area contributed by atoms with Gasteiger partial charge in [-0.15, -0.1) is 0 Å². The summed E-state index contributed by atoms with van der Waals surface area (Å²) >= 11 is 0. The summed E-state index contributed by atoms with van der Waals surface area (Å²) in [5, 5.41) is 9.09. The van der Waals surface area contributed by atoms with Gasteiger partial charge in [0, 0.05) is 30.6 Å². The minimum Gasteiger partial charge on any atom is -0.496 e. The highest BCUT2D eigenvalue weighted by molar-refractivity contribution is 5.95. The first-order chi connectivity index (χ1) is 12.7. The number of benzene rings is 2.